The van der Waals surface area contributed by atoms with Crippen molar-refractivity contribution < 1.29 is 5.11 Å². The molecule has 0 aliphatic heterocycles. The highest BCUT2D eigenvalue weighted by Gasteiger charge is 2.37. The first-order chi connectivity index (χ1) is 15.1. The number of benzene rings is 3. The van der Waals surface area contributed by atoms with Gasteiger partial charge in [-0.1, -0.05) is 101 Å². The molecule has 0 heterocycles. The molecule has 0 spiro atoms. The Morgan fingerprint density at radius 2 is 1.44 bits per heavy atom. The lowest BCUT2D eigenvalue weighted by molar-refractivity contribution is 0.238. The summed E-state index contributed by atoms with van der Waals surface area (Å²) in [6, 6.07) is 23.2. The topological polar surface area (TPSA) is 20.2 Å². The van der Waals surface area contributed by atoms with Gasteiger partial charge in [0, 0.05) is 0 Å². The maximum absolute atomic E-state index is 10.8. The van der Waals surface area contributed by atoms with Crippen LogP contribution in [0, 0.1) is 6.92 Å². The predicted molar refractivity (Wildman–Crippen MR) is 136 cm³/mol. The van der Waals surface area contributed by atoms with Crippen LogP contribution < -0.4 is 0 Å². The van der Waals surface area contributed by atoms with Crippen LogP contribution >= 0.6 is 0 Å². The van der Waals surface area contributed by atoms with E-state index in [1.165, 1.54) is 40.7 Å². The van der Waals surface area contributed by atoms with Crippen molar-refractivity contribution in [3.8, 4) is 0 Å². The molecule has 1 nitrogen and oxygen atoms in total. The Balaban J connectivity index is 1.57. The summed E-state index contributed by atoms with van der Waals surface area (Å²) in [6.07, 6.45) is 2.68. The molecule has 3 aromatic rings. The molecule has 166 valence electrons. The molecule has 0 radical (unpaired) electrons. The molecule has 1 atom stereocenters. The van der Waals surface area contributed by atoms with Crippen molar-refractivity contribution in [2.45, 2.75) is 70.8 Å². The maximum atomic E-state index is 10.8. The minimum absolute atomic E-state index is 0.221. The van der Waals surface area contributed by atoms with Gasteiger partial charge in [0.25, 0.3) is 0 Å². The van der Waals surface area contributed by atoms with Crippen LogP contribution in [0.1, 0.15) is 85.6 Å². The van der Waals surface area contributed by atoms with E-state index in [9.17, 15) is 5.11 Å². The van der Waals surface area contributed by atoms with E-state index in [-0.39, 0.29) is 10.8 Å². The van der Waals surface area contributed by atoms with Gasteiger partial charge < -0.3 is 5.11 Å². The van der Waals surface area contributed by atoms with Crippen LogP contribution in [-0.2, 0) is 17.3 Å². The summed E-state index contributed by atoms with van der Waals surface area (Å²) in [4.78, 5) is 0. The van der Waals surface area contributed by atoms with Crippen LogP contribution in [0.15, 0.2) is 73.3 Å². The Morgan fingerprint density at radius 1 is 0.875 bits per heavy atom. The first-order valence-corrected chi connectivity index (χ1v) is 11.7. The Kier molecular flexibility index (Phi) is 5.90. The van der Waals surface area contributed by atoms with Crippen molar-refractivity contribution in [3.63, 3.8) is 0 Å². The van der Waals surface area contributed by atoms with Gasteiger partial charge in [-0.2, -0.15) is 0 Å². The van der Waals surface area contributed by atoms with E-state index in [1.807, 2.05) is 42.5 Å². The van der Waals surface area contributed by atoms with Crippen molar-refractivity contribution in [2.24, 2.45) is 0 Å². The zero-order valence-electron chi connectivity index (χ0n) is 20.2. The third-order valence-corrected chi connectivity index (χ3v) is 7.47. The molecule has 1 heteroatoms. The van der Waals surface area contributed by atoms with Gasteiger partial charge in [-0.15, -0.1) is 0 Å². The van der Waals surface area contributed by atoms with Crippen LogP contribution in [0.5, 0.6) is 0 Å². The monoisotopic (exact) mass is 424 g/mol. The van der Waals surface area contributed by atoms with Gasteiger partial charge >= 0.3 is 0 Å². The maximum Gasteiger partial charge on any atom is 0.104 e. The minimum Gasteiger partial charge on any atom is -0.384 e. The number of hydrogen-bond acceptors (Lipinski definition) is 1. The molecule has 1 N–H and O–H groups in total. The summed E-state index contributed by atoms with van der Waals surface area (Å²) in [5.74, 6) is 0. The fourth-order valence-corrected chi connectivity index (χ4v) is 5.01. The number of aryl methyl sites for hydroxylation is 1. The number of rotatable bonds is 5. The molecule has 0 amide bonds. The quantitative estimate of drug-likeness (QED) is 0.445. The van der Waals surface area contributed by atoms with Gasteiger partial charge in [0.05, 0.1) is 0 Å². The second-order valence-electron chi connectivity index (χ2n) is 10.8. The Bertz CT molecular complexity index is 1120. The second kappa shape index (κ2) is 8.37. The number of aliphatic hydroxyl groups excluding tert-OH is 1. The average molecular weight is 425 g/mol. The van der Waals surface area contributed by atoms with Gasteiger partial charge in [0.2, 0.25) is 0 Å². The highest BCUT2D eigenvalue weighted by molar-refractivity contribution is 5.68. The van der Waals surface area contributed by atoms with Crippen LogP contribution in [0.2, 0.25) is 0 Å². The van der Waals surface area contributed by atoms with E-state index in [4.69, 9.17) is 0 Å². The average Bonchev–Trinajstić information content (AvgIpc) is 2.78. The summed E-state index contributed by atoms with van der Waals surface area (Å²) in [7, 11) is 0. The van der Waals surface area contributed by atoms with E-state index in [0.717, 1.165) is 23.1 Å². The highest BCUT2D eigenvalue weighted by Crippen LogP contribution is 2.46. The van der Waals surface area contributed by atoms with Crippen LogP contribution in [-0.4, -0.2) is 5.11 Å². The Labute approximate surface area is 193 Å². The lowest BCUT2D eigenvalue weighted by Crippen LogP contribution is -2.34. The van der Waals surface area contributed by atoms with Crippen LogP contribution in [0.4, 0.5) is 0 Å². The van der Waals surface area contributed by atoms with Gasteiger partial charge in [0.15, 0.2) is 0 Å². The van der Waals surface area contributed by atoms with E-state index in [2.05, 4.69) is 65.5 Å². The smallest absolute Gasteiger partial charge is 0.104 e. The third-order valence-electron chi connectivity index (χ3n) is 7.47. The molecule has 1 unspecified atom stereocenters. The molecule has 3 aromatic carbocycles. The molecule has 1 aliphatic rings. The van der Waals surface area contributed by atoms with E-state index >= 15 is 0 Å². The molecule has 0 aromatic heterocycles. The van der Waals surface area contributed by atoms with Gasteiger partial charge in [-0.3, -0.25) is 0 Å². The first kappa shape index (κ1) is 22.6. The SMILES string of the molecule is C=C(c1ccccc1)C(O)c1ccc(Cc2cc3c(cc2C)C(C)(C)CCC3(C)C)cc1. The van der Waals surface area contributed by atoms with Gasteiger partial charge in [-0.25, -0.2) is 0 Å². The standard InChI is InChI=1S/C31H36O/c1-21-18-27-28(31(5,6)17-16-30(27,3)4)20-26(21)19-23-12-14-25(15-13-23)29(32)22(2)24-10-8-7-9-11-24/h7-15,18,20,29,32H,2,16-17,19H2,1,3-6H3. The van der Waals surface area contributed by atoms with Crippen molar-refractivity contribution in [2.75, 3.05) is 0 Å². The lowest BCUT2D eigenvalue weighted by atomic mass is 9.62. The molecule has 0 saturated heterocycles. The molecule has 0 saturated carbocycles. The molecular formula is C31H36O. The molecule has 0 bridgehead atoms. The molecule has 0 fully saturated rings. The number of hydrogen-bond donors (Lipinski definition) is 1. The summed E-state index contributed by atoms with van der Waals surface area (Å²) in [5, 5.41) is 10.8. The fraction of sp³-hybridized carbons (Fsp3) is 0.355. The van der Waals surface area contributed by atoms with Crippen molar-refractivity contribution in [3.05, 3.63) is 112 Å². The van der Waals surface area contributed by atoms with E-state index in [1.54, 1.807) is 0 Å². The Morgan fingerprint density at radius 3 is 2.03 bits per heavy atom. The summed E-state index contributed by atoms with van der Waals surface area (Å²) >= 11 is 0. The Hall–Kier alpha value is -2.64. The van der Waals surface area contributed by atoms with Crippen molar-refractivity contribution >= 4 is 5.57 Å². The normalized spacial score (nSPS) is 17.4. The van der Waals surface area contributed by atoms with Crippen molar-refractivity contribution in [1.29, 1.82) is 0 Å². The molecular weight excluding hydrogens is 388 g/mol. The van der Waals surface area contributed by atoms with Gasteiger partial charge in [-0.05, 0) is 81.5 Å². The van der Waals surface area contributed by atoms with Crippen molar-refractivity contribution in [1.82, 2.24) is 0 Å². The van der Waals surface area contributed by atoms with Gasteiger partial charge in [0.1, 0.15) is 6.10 Å². The highest BCUT2D eigenvalue weighted by atomic mass is 16.3. The zero-order valence-corrected chi connectivity index (χ0v) is 20.2. The lowest BCUT2D eigenvalue weighted by Gasteiger charge is -2.42. The minimum atomic E-state index is -0.694. The number of aliphatic hydroxyl groups is 1. The van der Waals surface area contributed by atoms with Crippen LogP contribution in [0.25, 0.3) is 5.57 Å². The van der Waals surface area contributed by atoms with E-state index < -0.39 is 6.10 Å². The predicted octanol–water partition coefficient (Wildman–Crippen LogP) is 7.68. The van der Waals surface area contributed by atoms with E-state index in [0.29, 0.717) is 0 Å². The molecule has 1 aliphatic carbocycles. The second-order valence-corrected chi connectivity index (χ2v) is 10.8. The first-order valence-electron chi connectivity index (χ1n) is 11.7. The molecule has 4 rings (SSSR count). The number of fused-ring (bicyclic) bond motifs is 1. The largest absolute Gasteiger partial charge is 0.384 e. The third kappa shape index (κ3) is 4.32. The zero-order chi connectivity index (χ0) is 23.1. The summed E-state index contributed by atoms with van der Waals surface area (Å²) < 4.78 is 0. The van der Waals surface area contributed by atoms with Crippen LogP contribution in [0.3, 0.4) is 0 Å². The summed E-state index contributed by atoms with van der Waals surface area (Å²) in [5.41, 5.74) is 10.1. The fourth-order valence-electron chi connectivity index (χ4n) is 5.01. The summed E-state index contributed by atoms with van der Waals surface area (Å²) in [6.45, 7) is 15.9. The molecule has 32 heavy (non-hydrogen) atoms.